The van der Waals surface area contributed by atoms with Crippen molar-refractivity contribution in [1.29, 1.82) is 0 Å². The average Bonchev–Trinajstić information content (AvgIpc) is 3.49. The molecular formula is C38H31N5O3S. The van der Waals surface area contributed by atoms with E-state index in [-0.39, 0.29) is 21.9 Å². The van der Waals surface area contributed by atoms with E-state index in [4.69, 9.17) is 10.2 Å². The number of non-ortho nitro benzene ring substituents is 1. The normalized spacial score (nSPS) is 17.3. The fraction of sp³-hybridized carbons (Fsp3) is 0.132. The van der Waals surface area contributed by atoms with E-state index in [0.29, 0.717) is 11.3 Å². The van der Waals surface area contributed by atoms with E-state index in [1.807, 2.05) is 77.8 Å². The molecule has 8 nitrogen and oxygen atoms in total. The number of carbonyl (C=O) groups is 1. The first-order chi connectivity index (χ1) is 22.7. The number of rotatable bonds is 6. The average molecular weight is 638 g/mol. The second-order valence-corrected chi connectivity index (χ2v) is 13.5. The number of carbonyl (C=O) groups excluding carboxylic acids is 1. The van der Waals surface area contributed by atoms with E-state index >= 15 is 0 Å². The molecule has 0 bridgehead atoms. The Kier molecular flexibility index (Phi) is 7.48. The fourth-order valence-corrected chi connectivity index (χ4v) is 7.22. The van der Waals surface area contributed by atoms with Gasteiger partial charge in [-0.1, -0.05) is 118 Å². The Morgan fingerprint density at radius 3 is 1.94 bits per heavy atom. The summed E-state index contributed by atoms with van der Waals surface area (Å²) in [5.74, 6) is -0.225. The quantitative estimate of drug-likeness (QED) is 0.105. The maximum atomic E-state index is 14.0. The van der Waals surface area contributed by atoms with Gasteiger partial charge in [0, 0.05) is 34.4 Å². The van der Waals surface area contributed by atoms with Crippen LogP contribution in [-0.2, 0) is 10.4 Å². The molecule has 1 spiro atoms. The number of ketones is 1. The Labute approximate surface area is 277 Å². The molecule has 0 radical (unpaired) electrons. The van der Waals surface area contributed by atoms with Gasteiger partial charge in [-0.05, 0) is 47.0 Å². The first-order valence-corrected chi connectivity index (χ1v) is 16.1. The van der Waals surface area contributed by atoms with Gasteiger partial charge in [0.1, 0.15) is 0 Å². The number of nitro groups is 1. The van der Waals surface area contributed by atoms with Gasteiger partial charge in [-0.25, -0.2) is 10.0 Å². The predicted octanol–water partition coefficient (Wildman–Crippen LogP) is 8.73. The molecule has 5 aromatic rings. The Bertz CT molecular complexity index is 2040. The molecule has 1 unspecified atom stereocenters. The Morgan fingerprint density at radius 1 is 0.723 bits per heavy atom. The smallest absolute Gasteiger partial charge is 0.269 e. The van der Waals surface area contributed by atoms with Crippen LogP contribution in [0.3, 0.4) is 0 Å². The van der Waals surface area contributed by atoms with E-state index < -0.39 is 9.92 Å². The molecule has 2 aliphatic rings. The van der Waals surface area contributed by atoms with Gasteiger partial charge in [0.2, 0.25) is 10.8 Å². The number of nitrogens with zero attached hydrogens (tertiary/aromatic N) is 5. The van der Waals surface area contributed by atoms with Crippen molar-refractivity contribution in [1.82, 2.24) is 0 Å². The molecule has 0 amide bonds. The summed E-state index contributed by atoms with van der Waals surface area (Å²) in [4.78, 5) is 24.0. The molecule has 2 heterocycles. The first kappa shape index (κ1) is 30.1. The second kappa shape index (κ2) is 11.7. The van der Waals surface area contributed by atoms with Crippen LogP contribution in [0.2, 0.25) is 0 Å². The summed E-state index contributed by atoms with van der Waals surface area (Å²) in [7, 11) is 0. The summed E-state index contributed by atoms with van der Waals surface area (Å²) < 4.78 is 0. The van der Waals surface area contributed by atoms with Gasteiger partial charge in [-0.2, -0.15) is 10.2 Å². The highest BCUT2D eigenvalue weighted by Crippen LogP contribution is 2.55. The Morgan fingerprint density at radius 2 is 1.30 bits per heavy atom. The van der Waals surface area contributed by atoms with Gasteiger partial charge >= 0.3 is 0 Å². The topological polar surface area (TPSA) is 91.4 Å². The number of Topliss-reactive ketones (excluding diaryl/α,β-unsaturated/α-hetero) is 1. The van der Waals surface area contributed by atoms with Crippen molar-refractivity contribution >= 4 is 45.4 Å². The number of thioether (sulfide) groups is 1. The maximum Gasteiger partial charge on any atom is 0.269 e. The number of benzene rings is 5. The minimum atomic E-state index is -1.19. The maximum absolute atomic E-state index is 14.0. The molecule has 0 saturated heterocycles. The molecule has 47 heavy (non-hydrogen) atoms. The number of fused-ring (bicyclic) bond motifs is 2. The molecule has 2 aliphatic heterocycles. The van der Waals surface area contributed by atoms with Crippen LogP contribution in [0.4, 0.5) is 17.1 Å². The third-order valence-corrected chi connectivity index (χ3v) is 9.61. The molecule has 1 atom stereocenters. The molecule has 0 aromatic heterocycles. The SMILES string of the molecule is CC(C)(C)c1ccc(C2=NN(c3ccccc3)C3(SC(C(=O)c4ccccc4)=NN3c3ccc([N+](=O)[O-])cc3)c3ccccc32)cc1. The van der Waals surface area contributed by atoms with Crippen LogP contribution in [0, 0.1) is 10.1 Å². The summed E-state index contributed by atoms with van der Waals surface area (Å²) in [5, 5.41) is 25.9. The number of hydrogen-bond donors (Lipinski definition) is 0. The van der Waals surface area contributed by atoms with Gasteiger partial charge in [-0.15, -0.1) is 0 Å². The van der Waals surface area contributed by atoms with Crippen molar-refractivity contribution in [2.75, 3.05) is 10.0 Å². The van der Waals surface area contributed by atoms with Crippen LogP contribution in [0.15, 0.2) is 144 Å². The zero-order valence-corrected chi connectivity index (χ0v) is 26.9. The van der Waals surface area contributed by atoms with Gasteiger partial charge < -0.3 is 0 Å². The molecule has 0 aliphatic carbocycles. The molecule has 232 valence electrons. The van der Waals surface area contributed by atoms with Gasteiger partial charge in [0.25, 0.3) is 5.69 Å². The fourth-order valence-electron chi connectivity index (χ4n) is 5.86. The highest BCUT2D eigenvalue weighted by molar-refractivity contribution is 8.17. The summed E-state index contributed by atoms with van der Waals surface area (Å²) in [6.07, 6.45) is 0. The molecule has 0 N–H and O–H groups in total. The van der Waals surface area contributed by atoms with Crippen LogP contribution in [0.5, 0.6) is 0 Å². The standard InChI is InChI=1S/C38H31N5O3S/c1-37(2,3)28-20-18-26(19-21-28)34-32-16-10-11-17-33(32)38(41(39-34)29-14-8-5-9-15-29)42(30-22-24-31(25-23-30)43(45)46)40-36(47-38)35(44)27-12-6-4-7-13-27/h4-25H,1-3H3. The monoisotopic (exact) mass is 637 g/mol. The van der Waals surface area contributed by atoms with Crippen molar-refractivity contribution in [2.45, 2.75) is 31.2 Å². The number of hydrogen-bond acceptors (Lipinski definition) is 8. The van der Waals surface area contributed by atoms with Gasteiger partial charge in [-0.3, -0.25) is 14.9 Å². The summed E-state index contributed by atoms with van der Waals surface area (Å²) in [6.45, 7) is 6.57. The lowest BCUT2D eigenvalue weighted by Crippen LogP contribution is -2.54. The third-order valence-electron chi connectivity index (χ3n) is 8.30. The number of anilines is 2. The summed E-state index contributed by atoms with van der Waals surface area (Å²) >= 11 is 1.31. The minimum absolute atomic E-state index is 0.00425. The Balaban J connectivity index is 1.47. The van der Waals surface area contributed by atoms with Crippen LogP contribution in [0.25, 0.3) is 0 Å². The number of hydrazone groups is 2. The number of nitro benzene ring substituents is 1. The summed E-state index contributed by atoms with van der Waals surface area (Å²) in [5.41, 5.74) is 6.54. The molecule has 9 heteroatoms. The molecule has 5 aromatic carbocycles. The van der Waals surface area contributed by atoms with Crippen LogP contribution >= 0.6 is 11.8 Å². The lowest BCUT2D eigenvalue weighted by molar-refractivity contribution is -0.384. The Hall–Kier alpha value is -5.54. The van der Waals surface area contributed by atoms with E-state index in [2.05, 4.69) is 45.0 Å². The molecule has 0 fully saturated rings. The van der Waals surface area contributed by atoms with Gasteiger partial charge in [0.15, 0.2) is 5.04 Å². The lowest BCUT2D eigenvalue weighted by Gasteiger charge is -2.47. The number of para-hydroxylation sites is 1. The van der Waals surface area contributed by atoms with Crippen molar-refractivity contribution < 1.29 is 9.72 Å². The summed E-state index contributed by atoms with van der Waals surface area (Å²) in [6, 6.07) is 41.6. The highest BCUT2D eigenvalue weighted by atomic mass is 32.2. The third kappa shape index (κ3) is 5.28. The highest BCUT2D eigenvalue weighted by Gasteiger charge is 2.56. The van der Waals surface area contributed by atoms with Crippen molar-refractivity contribution in [3.8, 4) is 0 Å². The lowest BCUT2D eigenvalue weighted by atomic mass is 9.85. The zero-order valence-electron chi connectivity index (χ0n) is 26.1. The van der Waals surface area contributed by atoms with E-state index in [9.17, 15) is 14.9 Å². The van der Waals surface area contributed by atoms with E-state index in [0.717, 1.165) is 28.1 Å². The van der Waals surface area contributed by atoms with Gasteiger partial charge in [0.05, 0.1) is 22.0 Å². The first-order valence-electron chi connectivity index (χ1n) is 15.2. The molecule has 7 rings (SSSR count). The second-order valence-electron chi connectivity index (χ2n) is 12.4. The van der Waals surface area contributed by atoms with Crippen LogP contribution < -0.4 is 10.0 Å². The van der Waals surface area contributed by atoms with Crippen molar-refractivity contribution in [3.63, 3.8) is 0 Å². The largest absolute Gasteiger partial charge is 0.286 e. The minimum Gasteiger partial charge on any atom is -0.286 e. The predicted molar refractivity (Wildman–Crippen MR) is 189 cm³/mol. The van der Waals surface area contributed by atoms with E-state index in [1.54, 1.807) is 29.3 Å². The van der Waals surface area contributed by atoms with Crippen molar-refractivity contribution in [3.05, 3.63) is 171 Å². The zero-order chi connectivity index (χ0) is 32.8. The van der Waals surface area contributed by atoms with Crippen molar-refractivity contribution in [2.24, 2.45) is 10.2 Å². The van der Waals surface area contributed by atoms with E-state index in [1.165, 1.54) is 29.5 Å². The van der Waals surface area contributed by atoms with Crippen LogP contribution in [0.1, 0.15) is 53.4 Å². The molecule has 0 saturated carbocycles. The van der Waals surface area contributed by atoms with Crippen LogP contribution in [-0.4, -0.2) is 21.5 Å². The molecular weight excluding hydrogens is 607 g/mol.